The van der Waals surface area contributed by atoms with Crippen molar-refractivity contribution in [3.05, 3.63) is 18.2 Å². The third-order valence-electron chi connectivity index (χ3n) is 2.63. The molecule has 98 valence electrons. The lowest BCUT2D eigenvalue weighted by atomic mass is 10.3. The Morgan fingerprint density at radius 1 is 1.44 bits per heavy atom. The second kappa shape index (κ2) is 5.97. The van der Waals surface area contributed by atoms with Gasteiger partial charge in [-0.15, -0.1) is 0 Å². The smallest absolute Gasteiger partial charge is 0.197 e. The van der Waals surface area contributed by atoms with Crippen molar-refractivity contribution in [2.75, 3.05) is 25.2 Å². The maximum atomic E-state index is 12.0. The summed E-state index contributed by atoms with van der Waals surface area (Å²) in [7, 11) is 0.578. The van der Waals surface area contributed by atoms with Gasteiger partial charge < -0.3 is 15.5 Å². The largest absolute Gasteiger partial charge is 0.399 e. The first-order valence-corrected chi connectivity index (χ1v) is 7.15. The number of unbranched alkanes of at least 4 members (excludes halogenated alkanes) is 1. The summed E-state index contributed by atoms with van der Waals surface area (Å²) in [4.78, 5) is 7.36. The molecule has 0 bridgehead atoms. The minimum Gasteiger partial charge on any atom is -0.399 e. The second-order valence-corrected chi connectivity index (χ2v) is 5.55. The van der Waals surface area contributed by atoms with Crippen molar-refractivity contribution in [3.8, 4) is 0 Å². The lowest BCUT2D eigenvalue weighted by molar-refractivity contribution is 0.194. The summed E-state index contributed by atoms with van der Waals surface area (Å²) < 4.78 is 17.0. The highest BCUT2D eigenvalue weighted by Gasteiger charge is 2.09. The van der Waals surface area contributed by atoms with E-state index in [1.165, 1.54) is 0 Å². The number of aromatic nitrogens is 2. The predicted octanol–water partition coefficient (Wildman–Crippen LogP) is 1.68. The lowest BCUT2D eigenvalue weighted by Gasteiger charge is -1.98. The number of fused-ring (bicyclic) bond motifs is 1. The van der Waals surface area contributed by atoms with Gasteiger partial charge in [0.1, 0.15) is 0 Å². The molecule has 1 atom stereocenters. The van der Waals surface area contributed by atoms with E-state index >= 15 is 0 Å². The molecule has 1 heterocycles. The number of rotatable bonds is 6. The number of anilines is 1. The van der Waals surface area contributed by atoms with Crippen molar-refractivity contribution < 1.29 is 8.95 Å². The van der Waals surface area contributed by atoms with Crippen LogP contribution < -0.4 is 5.73 Å². The van der Waals surface area contributed by atoms with Crippen molar-refractivity contribution in [3.63, 3.8) is 0 Å². The van der Waals surface area contributed by atoms with E-state index in [9.17, 15) is 4.21 Å². The SMILES string of the molecule is COCCCCS(=O)c1nc2ccc(N)cc2[nH]1. The van der Waals surface area contributed by atoms with Gasteiger partial charge in [-0.2, -0.15) is 0 Å². The van der Waals surface area contributed by atoms with Gasteiger partial charge in [-0.3, -0.25) is 4.21 Å². The molecule has 1 aromatic heterocycles. The van der Waals surface area contributed by atoms with Crippen LogP contribution in [-0.4, -0.2) is 33.6 Å². The van der Waals surface area contributed by atoms with Gasteiger partial charge in [0.25, 0.3) is 0 Å². The summed E-state index contributed by atoms with van der Waals surface area (Å²) in [5.41, 5.74) is 7.98. The molecule has 0 radical (unpaired) electrons. The van der Waals surface area contributed by atoms with Gasteiger partial charge in [0, 0.05) is 25.2 Å². The Bertz CT molecular complexity index is 553. The number of ether oxygens (including phenoxy) is 1. The maximum absolute atomic E-state index is 12.0. The summed E-state index contributed by atoms with van der Waals surface area (Å²) in [5, 5.41) is 0.521. The Morgan fingerprint density at radius 3 is 3.06 bits per heavy atom. The van der Waals surface area contributed by atoms with E-state index in [0.29, 0.717) is 23.2 Å². The molecule has 1 unspecified atom stereocenters. The van der Waals surface area contributed by atoms with Gasteiger partial charge >= 0.3 is 0 Å². The summed E-state index contributed by atoms with van der Waals surface area (Å²) in [6, 6.07) is 5.41. The zero-order valence-electron chi connectivity index (χ0n) is 10.3. The number of nitrogens with zero attached hydrogens (tertiary/aromatic N) is 1. The fourth-order valence-corrected chi connectivity index (χ4v) is 2.77. The number of aromatic amines is 1. The molecule has 6 heteroatoms. The maximum Gasteiger partial charge on any atom is 0.197 e. The molecule has 0 saturated heterocycles. The Morgan fingerprint density at radius 2 is 2.28 bits per heavy atom. The highest BCUT2D eigenvalue weighted by Crippen LogP contribution is 2.16. The molecule has 0 aliphatic carbocycles. The molecule has 0 fully saturated rings. The topological polar surface area (TPSA) is 81.0 Å². The van der Waals surface area contributed by atoms with Gasteiger partial charge in [0.2, 0.25) is 0 Å². The van der Waals surface area contributed by atoms with Crippen LogP contribution in [0.4, 0.5) is 5.69 Å². The van der Waals surface area contributed by atoms with Gasteiger partial charge in [-0.1, -0.05) is 0 Å². The molecule has 0 saturated carbocycles. The third-order valence-corrected chi connectivity index (χ3v) is 3.91. The van der Waals surface area contributed by atoms with E-state index in [1.54, 1.807) is 19.2 Å². The van der Waals surface area contributed by atoms with Crippen LogP contribution in [0.1, 0.15) is 12.8 Å². The molecule has 3 N–H and O–H groups in total. The Kier molecular flexibility index (Phi) is 4.33. The van der Waals surface area contributed by atoms with Gasteiger partial charge in [0.15, 0.2) is 5.16 Å². The van der Waals surface area contributed by atoms with Crippen molar-refractivity contribution in [1.29, 1.82) is 0 Å². The fraction of sp³-hybridized carbons (Fsp3) is 0.417. The molecule has 1 aromatic carbocycles. The lowest BCUT2D eigenvalue weighted by Crippen LogP contribution is -2.01. The summed E-state index contributed by atoms with van der Waals surface area (Å²) in [5.74, 6) is 0.596. The van der Waals surface area contributed by atoms with Crippen LogP contribution in [0.2, 0.25) is 0 Å². The van der Waals surface area contributed by atoms with Crippen LogP contribution >= 0.6 is 0 Å². The Hall–Kier alpha value is -1.40. The van der Waals surface area contributed by atoms with E-state index in [4.69, 9.17) is 10.5 Å². The summed E-state index contributed by atoms with van der Waals surface area (Å²) in [6.07, 6.45) is 1.77. The minimum absolute atomic E-state index is 0.521. The van der Waals surface area contributed by atoms with Gasteiger partial charge in [-0.25, -0.2) is 4.98 Å². The number of hydrogen-bond acceptors (Lipinski definition) is 4. The fourth-order valence-electron chi connectivity index (χ4n) is 1.69. The minimum atomic E-state index is -1.09. The van der Waals surface area contributed by atoms with E-state index in [-0.39, 0.29) is 0 Å². The van der Waals surface area contributed by atoms with Crippen molar-refractivity contribution >= 4 is 27.5 Å². The molecular formula is C12H17N3O2S. The molecule has 0 spiro atoms. The third kappa shape index (κ3) is 3.08. The van der Waals surface area contributed by atoms with Crippen LogP contribution in [0.25, 0.3) is 11.0 Å². The van der Waals surface area contributed by atoms with E-state index in [2.05, 4.69) is 9.97 Å². The van der Waals surface area contributed by atoms with Crippen LogP contribution in [-0.2, 0) is 15.5 Å². The van der Waals surface area contributed by atoms with E-state index in [1.807, 2.05) is 6.07 Å². The van der Waals surface area contributed by atoms with Crippen LogP contribution in [0.15, 0.2) is 23.4 Å². The molecule has 18 heavy (non-hydrogen) atoms. The first kappa shape index (κ1) is 13.0. The number of nitrogens with one attached hydrogen (secondary N) is 1. The molecule has 2 aromatic rings. The Balaban J connectivity index is 2.04. The normalized spacial score (nSPS) is 12.9. The van der Waals surface area contributed by atoms with Crippen LogP contribution in [0.3, 0.4) is 0 Å². The van der Waals surface area contributed by atoms with Gasteiger partial charge in [-0.05, 0) is 31.0 Å². The van der Waals surface area contributed by atoms with Crippen LogP contribution in [0, 0.1) is 0 Å². The predicted molar refractivity (Wildman–Crippen MR) is 72.9 cm³/mol. The zero-order chi connectivity index (χ0) is 13.0. The van der Waals surface area contributed by atoms with Gasteiger partial charge in [0.05, 0.1) is 21.8 Å². The van der Waals surface area contributed by atoms with E-state index in [0.717, 1.165) is 23.9 Å². The molecular weight excluding hydrogens is 250 g/mol. The first-order chi connectivity index (χ1) is 8.70. The van der Waals surface area contributed by atoms with Crippen molar-refractivity contribution in [2.45, 2.75) is 18.0 Å². The second-order valence-electron chi connectivity index (χ2n) is 4.07. The van der Waals surface area contributed by atoms with Crippen LogP contribution in [0.5, 0.6) is 0 Å². The average Bonchev–Trinajstić information content (AvgIpc) is 2.77. The van der Waals surface area contributed by atoms with Crippen molar-refractivity contribution in [1.82, 2.24) is 9.97 Å². The summed E-state index contributed by atoms with van der Waals surface area (Å²) >= 11 is 0. The molecule has 0 aliphatic rings. The average molecular weight is 267 g/mol. The summed E-state index contributed by atoms with van der Waals surface area (Å²) in [6.45, 7) is 0.702. The number of benzene rings is 1. The zero-order valence-corrected chi connectivity index (χ0v) is 11.1. The highest BCUT2D eigenvalue weighted by molar-refractivity contribution is 7.84. The first-order valence-electron chi connectivity index (χ1n) is 5.83. The Labute approximate surface area is 108 Å². The molecule has 2 rings (SSSR count). The molecule has 5 nitrogen and oxygen atoms in total. The standard InChI is InChI=1S/C12H17N3O2S/c1-17-6-2-3-7-18(16)12-14-10-5-4-9(13)8-11(10)15-12/h4-5,8H,2-3,6-7,13H2,1H3,(H,14,15). The number of nitrogens with two attached hydrogens (primary N) is 1. The molecule has 0 amide bonds. The van der Waals surface area contributed by atoms with Crippen molar-refractivity contribution in [2.24, 2.45) is 0 Å². The molecule has 0 aliphatic heterocycles. The number of nitrogen functional groups attached to an aromatic ring is 1. The number of hydrogen-bond donors (Lipinski definition) is 2. The number of imidazole rings is 1. The van der Waals surface area contributed by atoms with E-state index < -0.39 is 10.8 Å². The monoisotopic (exact) mass is 267 g/mol. The number of H-pyrrole nitrogens is 1. The number of methoxy groups -OCH3 is 1. The highest BCUT2D eigenvalue weighted by atomic mass is 32.2. The quantitative estimate of drug-likeness (QED) is 0.616.